The molecule has 0 spiro atoms. The summed E-state index contributed by atoms with van der Waals surface area (Å²) in [5.41, 5.74) is 8.80. The van der Waals surface area contributed by atoms with E-state index in [1.54, 1.807) is 12.1 Å². The lowest BCUT2D eigenvalue weighted by Gasteiger charge is -2.26. The molecular formula is C52H32F3NO. The van der Waals surface area contributed by atoms with Gasteiger partial charge in [0.1, 0.15) is 28.8 Å². The van der Waals surface area contributed by atoms with Gasteiger partial charge < -0.3 is 9.32 Å². The minimum atomic E-state index is -0.954. The topological polar surface area (TPSA) is 16.4 Å². The van der Waals surface area contributed by atoms with Gasteiger partial charge in [0.05, 0.1) is 5.56 Å². The van der Waals surface area contributed by atoms with Crippen LogP contribution in [0.1, 0.15) is 0 Å². The van der Waals surface area contributed by atoms with Crippen molar-refractivity contribution in [2.45, 2.75) is 0 Å². The van der Waals surface area contributed by atoms with E-state index in [0.717, 1.165) is 83.2 Å². The Morgan fingerprint density at radius 1 is 0.351 bits per heavy atom. The van der Waals surface area contributed by atoms with Crippen LogP contribution in [0.2, 0.25) is 0 Å². The van der Waals surface area contributed by atoms with Crippen LogP contribution in [0.5, 0.6) is 0 Å². The molecule has 5 heteroatoms. The fraction of sp³-hybridized carbons (Fsp3) is 0. The summed E-state index contributed by atoms with van der Waals surface area (Å²) in [4.78, 5) is 2.09. The van der Waals surface area contributed by atoms with Crippen molar-refractivity contribution in [1.82, 2.24) is 0 Å². The highest BCUT2D eigenvalue weighted by molar-refractivity contribution is 6.29. The van der Waals surface area contributed by atoms with Crippen LogP contribution in [0.4, 0.5) is 30.2 Å². The van der Waals surface area contributed by atoms with Crippen LogP contribution >= 0.6 is 0 Å². The molecule has 0 N–H and O–H groups in total. The lowest BCUT2D eigenvalue weighted by molar-refractivity contribution is 0.548. The Bertz CT molecular complexity index is 3050. The first-order valence-electron chi connectivity index (χ1n) is 18.7. The van der Waals surface area contributed by atoms with E-state index >= 15 is 0 Å². The molecule has 0 aliphatic heterocycles. The number of rotatable bonds is 7. The van der Waals surface area contributed by atoms with Crippen LogP contribution in [0.3, 0.4) is 0 Å². The average molecular weight is 744 g/mol. The summed E-state index contributed by atoms with van der Waals surface area (Å²) in [6.45, 7) is 0. The highest BCUT2D eigenvalue weighted by atomic mass is 19.1. The van der Waals surface area contributed by atoms with Crippen molar-refractivity contribution in [2.24, 2.45) is 0 Å². The van der Waals surface area contributed by atoms with Crippen molar-refractivity contribution in [3.05, 3.63) is 212 Å². The van der Waals surface area contributed by atoms with Gasteiger partial charge in [-0.3, -0.25) is 0 Å². The molecule has 2 nitrogen and oxygen atoms in total. The lowest BCUT2D eigenvalue weighted by atomic mass is 9.90. The van der Waals surface area contributed by atoms with Gasteiger partial charge >= 0.3 is 0 Å². The number of nitrogens with zero attached hydrogens (tertiary/aromatic N) is 1. The number of hydrogen-bond donors (Lipinski definition) is 0. The van der Waals surface area contributed by atoms with E-state index in [2.05, 4.69) is 108 Å². The Morgan fingerprint density at radius 3 is 1.46 bits per heavy atom. The van der Waals surface area contributed by atoms with Crippen LogP contribution < -0.4 is 4.90 Å². The van der Waals surface area contributed by atoms with Gasteiger partial charge in [-0.25, -0.2) is 13.2 Å². The molecule has 0 aliphatic rings. The predicted molar refractivity (Wildman–Crippen MR) is 228 cm³/mol. The molecule has 0 unspecified atom stereocenters. The molecule has 0 bridgehead atoms. The van der Waals surface area contributed by atoms with Crippen LogP contribution in [0.15, 0.2) is 199 Å². The quantitative estimate of drug-likeness (QED) is 0.151. The highest BCUT2D eigenvalue weighted by Crippen LogP contribution is 2.48. The van der Waals surface area contributed by atoms with Crippen molar-refractivity contribution in [3.63, 3.8) is 0 Å². The SMILES string of the molecule is Fc1cc(F)c(-c2ccc(N(c3ccccc3)c3ccc(-c4ccc5c6ccccc6c6oc(-c7ccccc7)c(-c7ccccc7)c6c5c4)cc3)cc2)c(F)c1. The maximum Gasteiger partial charge on any atom is 0.143 e. The van der Waals surface area contributed by atoms with Crippen molar-refractivity contribution in [2.75, 3.05) is 4.90 Å². The predicted octanol–water partition coefficient (Wildman–Crippen LogP) is 15.3. The molecule has 0 radical (unpaired) electrons. The van der Waals surface area contributed by atoms with Crippen LogP contribution in [-0.4, -0.2) is 0 Å². The average Bonchev–Trinajstić information content (AvgIpc) is 3.67. The molecule has 57 heavy (non-hydrogen) atoms. The van der Waals surface area contributed by atoms with E-state index in [1.165, 1.54) is 0 Å². The van der Waals surface area contributed by atoms with Crippen LogP contribution in [0.25, 0.3) is 77.2 Å². The zero-order valence-corrected chi connectivity index (χ0v) is 30.5. The summed E-state index contributed by atoms with van der Waals surface area (Å²) in [7, 11) is 0. The van der Waals surface area contributed by atoms with Gasteiger partial charge in [-0.1, -0.05) is 140 Å². The Balaban J connectivity index is 1.11. The molecule has 0 atom stereocenters. The first-order valence-corrected chi connectivity index (χ1v) is 18.7. The monoisotopic (exact) mass is 743 g/mol. The van der Waals surface area contributed by atoms with Gasteiger partial charge in [-0.2, -0.15) is 0 Å². The second-order valence-electron chi connectivity index (χ2n) is 14.1. The second-order valence-corrected chi connectivity index (χ2v) is 14.1. The fourth-order valence-corrected chi connectivity index (χ4v) is 8.05. The molecule has 272 valence electrons. The molecule has 0 fully saturated rings. The van der Waals surface area contributed by atoms with E-state index in [1.807, 2.05) is 66.7 Å². The minimum Gasteiger partial charge on any atom is -0.455 e. The summed E-state index contributed by atoms with van der Waals surface area (Å²) in [6.07, 6.45) is 0. The third-order valence-electron chi connectivity index (χ3n) is 10.7. The summed E-state index contributed by atoms with van der Waals surface area (Å²) < 4.78 is 49.9. The van der Waals surface area contributed by atoms with Gasteiger partial charge in [0.15, 0.2) is 0 Å². The number of hydrogen-bond acceptors (Lipinski definition) is 2. The van der Waals surface area contributed by atoms with Crippen molar-refractivity contribution in [1.29, 1.82) is 0 Å². The van der Waals surface area contributed by atoms with Crippen molar-refractivity contribution < 1.29 is 17.6 Å². The van der Waals surface area contributed by atoms with Crippen LogP contribution in [-0.2, 0) is 0 Å². The number of anilines is 3. The summed E-state index contributed by atoms with van der Waals surface area (Å²) in [5, 5.41) is 5.53. The number of furan rings is 1. The maximum absolute atomic E-state index is 14.7. The molecule has 1 aromatic heterocycles. The van der Waals surface area contributed by atoms with E-state index in [-0.39, 0.29) is 5.56 Å². The normalized spacial score (nSPS) is 11.4. The smallest absolute Gasteiger partial charge is 0.143 e. The molecule has 10 aromatic rings. The Kier molecular flexibility index (Phi) is 8.41. The van der Waals surface area contributed by atoms with Gasteiger partial charge in [-0.05, 0) is 80.9 Å². The van der Waals surface area contributed by atoms with E-state index in [9.17, 15) is 13.2 Å². The maximum atomic E-state index is 14.7. The molecule has 0 saturated heterocycles. The van der Waals surface area contributed by atoms with E-state index in [4.69, 9.17) is 4.42 Å². The fourth-order valence-electron chi connectivity index (χ4n) is 8.05. The standard InChI is InChI=1S/C52H32F3NO/c53-38-31-46(54)48(47(55)32-38)35-22-27-41(28-23-35)56(39-16-8-3-9-17-39)40-25-20-33(21-26-40)37-24-29-43-42-18-10-11-19-44(42)52-50(45(43)30-37)49(34-12-4-1-5-13-34)51(57-52)36-14-6-2-7-15-36/h1-32H. The first kappa shape index (κ1) is 34.1. The highest BCUT2D eigenvalue weighted by Gasteiger charge is 2.23. The van der Waals surface area contributed by atoms with E-state index in [0.29, 0.717) is 17.7 Å². The summed E-state index contributed by atoms with van der Waals surface area (Å²) in [6, 6.07) is 62.5. The molecule has 0 amide bonds. The lowest BCUT2D eigenvalue weighted by Crippen LogP contribution is -2.09. The van der Waals surface area contributed by atoms with Crippen molar-refractivity contribution >= 4 is 49.6 Å². The zero-order valence-electron chi connectivity index (χ0n) is 30.5. The zero-order chi connectivity index (χ0) is 38.5. The summed E-state index contributed by atoms with van der Waals surface area (Å²) in [5.74, 6) is -2.01. The Morgan fingerprint density at radius 2 is 0.825 bits per heavy atom. The summed E-state index contributed by atoms with van der Waals surface area (Å²) >= 11 is 0. The molecule has 0 aliphatic carbocycles. The van der Waals surface area contributed by atoms with Gasteiger partial charge in [0, 0.05) is 51.1 Å². The minimum absolute atomic E-state index is 0.262. The molecule has 9 aromatic carbocycles. The molecule has 10 rings (SSSR count). The van der Waals surface area contributed by atoms with Gasteiger partial charge in [0.2, 0.25) is 0 Å². The first-order chi connectivity index (χ1) is 28.0. The number of halogens is 3. The number of para-hydroxylation sites is 1. The van der Waals surface area contributed by atoms with Gasteiger partial charge in [0.25, 0.3) is 0 Å². The molecule has 1 heterocycles. The molecule has 0 saturated carbocycles. The molecular weight excluding hydrogens is 712 g/mol. The Labute approximate surface area is 327 Å². The third kappa shape index (κ3) is 6.01. The largest absolute Gasteiger partial charge is 0.455 e. The number of fused-ring (bicyclic) bond motifs is 6. The number of benzene rings is 9. The van der Waals surface area contributed by atoms with Gasteiger partial charge in [-0.15, -0.1) is 0 Å². The van der Waals surface area contributed by atoms with E-state index < -0.39 is 17.5 Å². The second kappa shape index (κ2) is 14.0. The third-order valence-corrected chi connectivity index (χ3v) is 10.7. The van der Waals surface area contributed by atoms with Crippen molar-refractivity contribution in [3.8, 4) is 44.7 Å². The van der Waals surface area contributed by atoms with Crippen LogP contribution in [0, 0.1) is 17.5 Å². The Hall–Kier alpha value is -7.37.